The fourth-order valence-electron chi connectivity index (χ4n) is 1.57. The lowest BCUT2D eigenvalue weighted by atomic mass is 10.2. The molecule has 1 N–H and O–H groups in total. The van der Waals surface area contributed by atoms with E-state index in [-0.39, 0.29) is 0 Å². The number of ether oxygens (including phenoxy) is 1. The number of rotatable bonds is 7. The zero-order valence-electron chi connectivity index (χ0n) is 10.5. The third kappa shape index (κ3) is 4.73. The normalized spacial score (nSPS) is 12.7. The van der Waals surface area contributed by atoms with Crippen LogP contribution in [-0.2, 0) is 17.9 Å². The monoisotopic (exact) mass is 222 g/mol. The molecule has 1 atom stereocenters. The number of nitrogens with one attached hydrogen (secondary N) is 1. The SMILES string of the molecule is CCCC(C)OCc1ccc(CNC)cn1. The largest absolute Gasteiger partial charge is 0.372 e. The predicted molar refractivity (Wildman–Crippen MR) is 66.2 cm³/mol. The zero-order chi connectivity index (χ0) is 11.8. The second-order valence-electron chi connectivity index (χ2n) is 4.10. The molecule has 1 aromatic heterocycles. The van der Waals surface area contributed by atoms with Crippen LogP contribution >= 0.6 is 0 Å². The molecule has 90 valence electrons. The van der Waals surface area contributed by atoms with Gasteiger partial charge < -0.3 is 10.1 Å². The smallest absolute Gasteiger partial charge is 0.0891 e. The molecule has 0 saturated heterocycles. The predicted octanol–water partition coefficient (Wildman–Crippen LogP) is 2.51. The molecule has 1 unspecified atom stereocenters. The molecule has 0 saturated carbocycles. The molecule has 0 aliphatic heterocycles. The lowest BCUT2D eigenvalue weighted by molar-refractivity contribution is 0.0452. The molecular weight excluding hydrogens is 200 g/mol. The molecule has 0 radical (unpaired) electrons. The molecule has 0 aromatic carbocycles. The van der Waals surface area contributed by atoms with Gasteiger partial charge in [0.05, 0.1) is 18.4 Å². The fourth-order valence-corrected chi connectivity index (χ4v) is 1.57. The third-order valence-electron chi connectivity index (χ3n) is 2.48. The zero-order valence-corrected chi connectivity index (χ0v) is 10.5. The highest BCUT2D eigenvalue weighted by Gasteiger charge is 2.02. The van der Waals surface area contributed by atoms with Crippen molar-refractivity contribution in [2.75, 3.05) is 7.05 Å². The van der Waals surface area contributed by atoms with E-state index in [4.69, 9.17) is 4.74 Å². The quantitative estimate of drug-likeness (QED) is 0.769. The van der Waals surface area contributed by atoms with Crippen molar-refractivity contribution in [3.8, 4) is 0 Å². The van der Waals surface area contributed by atoms with Crippen molar-refractivity contribution >= 4 is 0 Å². The van der Waals surface area contributed by atoms with Crippen molar-refractivity contribution in [3.63, 3.8) is 0 Å². The highest BCUT2D eigenvalue weighted by Crippen LogP contribution is 2.06. The van der Waals surface area contributed by atoms with Crippen LogP contribution in [0.5, 0.6) is 0 Å². The number of nitrogens with zero attached hydrogens (tertiary/aromatic N) is 1. The van der Waals surface area contributed by atoms with Crippen LogP contribution in [0.15, 0.2) is 18.3 Å². The Morgan fingerprint density at radius 1 is 1.44 bits per heavy atom. The number of hydrogen-bond donors (Lipinski definition) is 1. The first kappa shape index (κ1) is 13.1. The second-order valence-corrected chi connectivity index (χ2v) is 4.10. The first-order chi connectivity index (χ1) is 7.76. The summed E-state index contributed by atoms with van der Waals surface area (Å²) >= 11 is 0. The van der Waals surface area contributed by atoms with E-state index in [0.29, 0.717) is 12.7 Å². The Hall–Kier alpha value is -0.930. The molecule has 1 rings (SSSR count). The van der Waals surface area contributed by atoms with Crippen molar-refractivity contribution in [3.05, 3.63) is 29.6 Å². The van der Waals surface area contributed by atoms with E-state index in [0.717, 1.165) is 25.1 Å². The summed E-state index contributed by atoms with van der Waals surface area (Å²) in [4.78, 5) is 4.36. The van der Waals surface area contributed by atoms with Crippen LogP contribution in [0.2, 0.25) is 0 Å². The van der Waals surface area contributed by atoms with Crippen LogP contribution in [0.3, 0.4) is 0 Å². The number of hydrogen-bond acceptors (Lipinski definition) is 3. The van der Waals surface area contributed by atoms with Crippen LogP contribution in [0.25, 0.3) is 0 Å². The van der Waals surface area contributed by atoms with E-state index >= 15 is 0 Å². The number of pyridine rings is 1. The average molecular weight is 222 g/mol. The van der Waals surface area contributed by atoms with E-state index in [9.17, 15) is 0 Å². The maximum absolute atomic E-state index is 5.69. The Morgan fingerprint density at radius 3 is 2.81 bits per heavy atom. The minimum Gasteiger partial charge on any atom is -0.372 e. The van der Waals surface area contributed by atoms with Crippen LogP contribution in [0.1, 0.15) is 37.9 Å². The highest BCUT2D eigenvalue weighted by atomic mass is 16.5. The molecule has 1 aromatic rings. The van der Waals surface area contributed by atoms with Gasteiger partial charge in [-0.1, -0.05) is 19.4 Å². The maximum Gasteiger partial charge on any atom is 0.0891 e. The standard InChI is InChI=1S/C13H22N2O/c1-4-5-11(2)16-10-13-7-6-12(8-14-3)9-15-13/h6-7,9,11,14H,4-5,8,10H2,1-3H3. The van der Waals surface area contributed by atoms with Gasteiger partial charge in [0.2, 0.25) is 0 Å². The number of aromatic nitrogens is 1. The minimum atomic E-state index is 0.323. The van der Waals surface area contributed by atoms with Gasteiger partial charge in [0, 0.05) is 12.7 Å². The lowest BCUT2D eigenvalue weighted by Gasteiger charge is -2.11. The van der Waals surface area contributed by atoms with Gasteiger partial charge in [0.1, 0.15) is 0 Å². The highest BCUT2D eigenvalue weighted by molar-refractivity contribution is 5.13. The third-order valence-corrected chi connectivity index (χ3v) is 2.48. The molecule has 0 aliphatic rings. The summed E-state index contributed by atoms with van der Waals surface area (Å²) in [5, 5.41) is 3.10. The van der Waals surface area contributed by atoms with Crippen molar-refractivity contribution < 1.29 is 4.74 Å². The Labute approximate surface area is 98.2 Å². The first-order valence-corrected chi connectivity index (χ1v) is 5.96. The molecule has 1 heterocycles. The van der Waals surface area contributed by atoms with Crippen LogP contribution in [-0.4, -0.2) is 18.1 Å². The van der Waals surface area contributed by atoms with Crippen molar-refractivity contribution in [1.29, 1.82) is 0 Å². The molecule has 0 bridgehead atoms. The summed E-state index contributed by atoms with van der Waals surface area (Å²) in [6.07, 6.45) is 4.50. The summed E-state index contributed by atoms with van der Waals surface area (Å²) in [6.45, 7) is 5.75. The van der Waals surface area contributed by atoms with E-state index in [1.54, 1.807) is 0 Å². The summed E-state index contributed by atoms with van der Waals surface area (Å²) in [6, 6.07) is 4.12. The van der Waals surface area contributed by atoms with E-state index in [2.05, 4.69) is 30.2 Å². The maximum atomic E-state index is 5.69. The van der Waals surface area contributed by atoms with Crippen molar-refractivity contribution in [1.82, 2.24) is 10.3 Å². The summed E-state index contributed by atoms with van der Waals surface area (Å²) < 4.78 is 5.69. The van der Waals surface area contributed by atoms with Gasteiger partial charge in [0.25, 0.3) is 0 Å². The van der Waals surface area contributed by atoms with Crippen molar-refractivity contribution in [2.24, 2.45) is 0 Å². The molecule has 16 heavy (non-hydrogen) atoms. The second kappa shape index (κ2) is 7.36. The van der Waals surface area contributed by atoms with E-state index < -0.39 is 0 Å². The topological polar surface area (TPSA) is 34.1 Å². The minimum absolute atomic E-state index is 0.323. The van der Waals surface area contributed by atoms with Crippen molar-refractivity contribution in [2.45, 2.75) is 45.9 Å². The molecule has 0 aliphatic carbocycles. The average Bonchev–Trinajstić information content (AvgIpc) is 2.29. The molecule has 3 heteroatoms. The summed E-state index contributed by atoms with van der Waals surface area (Å²) in [5.41, 5.74) is 2.20. The Bertz CT molecular complexity index is 284. The summed E-state index contributed by atoms with van der Waals surface area (Å²) in [5.74, 6) is 0. The van der Waals surface area contributed by atoms with E-state index in [1.807, 2.05) is 19.3 Å². The van der Waals surface area contributed by atoms with Gasteiger partial charge in [-0.25, -0.2) is 0 Å². The van der Waals surface area contributed by atoms with Gasteiger partial charge in [-0.2, -0.15) is 0 Å². The Morgan fingerprint density at radius 2 is 2.25 bits per heavy atom. The molecule has 0 spiro atoms. The van der Waals surface area contributed by atoms with Crippen LogP contribution in [0, 0.1) is 0 Å². The lowest BCUT2D eigenvalue weighted by Crippen LogP contribution is -2.09. The fraction of sp³-hybridized carbons (Fsp3) is 0.615. The Kier molecular flexibility index (Phi) is 6.04. The molecular formula is C13H22N2O. The van der Waals surface area contributed by atoms with Crippen LogP contribution < -0.4 is 5.32 Å². The Balaban J connectivity index is 2.37. The van der Waals surface area contributed by atoms with Crippen LogP contribution in [0.4, 0.5) is 0 Å². The molecule has 0 fully saturated rings. The summed E-state index contributed by atoms with van der Waals surface area (Å²) in [7, 11) is 1.93. The van der Waals surface area contributed by atoms with Gasteiger partial charge in [-0.05, 0) is 32.0 Å². The van der Waals surface area contributed by atoms with Gasteiger partial charge in [-0.3, -0.25) is 4.98 Å². The van der Waals surface area contributed by atoms with Gasteiger partial charge in [-0.15, -0.1) is 0 Å². The van der Waals surface area contributed by atoms with Gasteiger partial charge in [0.15, 0.2) is 0 Å². The first-order valence-electron chi connectivity index (χ1n) is 5.96. The van der Waals surface area contributed by atoms with Gasteiger partial charge >= 0.3 is 0 Å². The molecule has 3 nitrogen and oxygen atoms in total. The molecule has 0 amide bonds. The van der Waals surface area contributed by atoms with E-state index in [1.165, 1.54) is 5.56 Å².